The van der Waals surface area contributed by atoms with E-state index < -0.39 is 0 Å². The first-order chi connectivity index (χ1) is 8.56. The van der Waals surface area contributed by atoms with E-state index in [0.29, 0.717) is 0 Å². The summed E-state index contributed by atoms with van der Waals surface area (Å²) < 4.78 is 0. The van der Waals surface area contributed by atoms with Crippen molar-refractivity contribution in [2.75, 3.05) is 21.1 Å². The largest absolute Gasteiger partial charge is 0.380 e. The highest BCUT2D eigenvalue weighted by molar-refractivity contribution is 5.24. The van der Waals surface area contributed by atoms with E-state index in [2.05, 4.69) is 87.3 Å². The molecule has 0 unspecified atom stereocenters. The zero-order valence-electron chi connectivity index (χ0n) is 12.1. The molecule has 0 saturated heterocycles. The van der Waals surface area contributed by atoms with E-state index >= 15 is 0 Å². The van der Waals surface area contributed by atoms with Gasteiger partial charge >= 0.3 is 0 Å². The molecule has 0 aliphatic heterocycles. The molecule has 1 rings (SSSR count). The minimum absolute atomic E-state index is 0.922. The number of benzene rings is 1. The maximum absolute atomic E-state index is 2.28. The van der Waals surface area contributed by atoms with Crippen LogP contribution >= 0.6 is 0 Å². The summed E-state index contributed by atoms with van der Waals surface area (Å²) in [4.78, 5) is 4.43. The topological polar surface area (TPSA) is 6.48 Å². The molecule has 0 spiro atoms. The lowest BCUT2D eigenvalue weighted by Gasteiger charge is -2.26. The second-order valence-corrected chi connectivity index (χ2v) is 4.71. The summed E-state index contributed by atoms with van der Waals surface area (Å²) in [5.41, 5.74) is 3.85. The normalized spacial score (nSPS) is 12.5. The van der Waals surface area contributed by atoms with Crippen molar-refractivity contribution < 1.29 is 0 Å². The second-order valence-electron chi connectivity index (χ2n) is 4.71. The highest BCUT2D eigenvalue weighted by Crippen LogP contribution is 2.15. The van der Waals surface area contributed by atoms with Crippen molar-refractivity contribution in [1.82, 2.24) is 9.80 Å². The van der Waals surface area contributed by atoms with Gasteiger partial charge in [0, 0.05) is 33.4 Å². The summed E-state index contributed by atoms with van der Waals surface area (Å²) in [7, 11) is 6.29. The van der Waals surface area contributed by atoms with Crippen LogP contribution < -0.4 is 0 Å². The van der Waals surface area contributed by atoms with Crippen LogP contribution in [-0.4, -0.2) is 30.9 Å². The Labute approximate surface area is 111 Å². The first-order valence-electron chi connectivity index (χ1n) is 6.32. The number of rotatable bonds is 5. The van der Waals surface area contributed by atoms with Crippen LogP contribution in [0.2, 0.25) is 0 Å². The number of hydrogen-bond acceptors (Lipinski definition) is 2. The fourth-order valence-corrected chi connectivity index (χ4v) is 1.85. The van der Waals surface area contributed by atoms with E-state index in [-0.39, 0.29) is 0 Å². The number of hydrogen-bond donors (Lipinski definition) is 0. The monoisotopic (exact) mass is 244 g/mol. The summed E-state index contributed by atoms with van der Waals surface area (Å²) in [6.07, 6.45) is 4.25. The Morgan fingerprint density at radius 3 is 2.22 bits per heavy atom. The third kappa shape index (κ3) is 3.95. The zero-order valence-corrected chi connectivity index (χ0v) is 12.1. The molecular weight excluding hydrogens is 220 g/mol. The molecule has 2 heteroatoms. The molecule has 0 radical (unpaired) electrons. The van der Waals surface area contributed by atoms with Crippen molar-refractivity contribution in [3.8, 4) is 0 Å². The smallest absolute Gasteiger partial charge is 0.0555 e. The summed E-state index contributed by atoms with van der Waals surface area (Å²) in [6, 6.07) is 10.5. The lowest BCUT2D eigenvalue weighted by molar-refractivity contribution is 0.393. The van der Waals surface area contributed by atoms with E-state index in [1.807, 2.05) is 0 Å². The van der Waals surface area contributed by atoms with Crippen molar-refractivity contribution in [3.63, 3.8) is 0 Å². The summed E-state index contributed by atoms with van der Waals surface area (Å²) in [5.74, 6) is 0. The maximum Gasteiger partial charge on any atom is 0.0555 e. The van der Waals surface area contributed by atoms with Gasteiger partial charge in [-0.1, -0.05) is 36.4 Å². The highest BCUT2D eigenvalue weighted by atomic mass is 15.2. The van der Waals surface area contributed by atoms with Crippen molar-refractivity contribution in [2.24, 2.45) is 0 Å². The SMILES string of the molecule is C/C=C\C(=C(/C)N(C)C)N(C)Cc1ccccc1. The molecule has 0 N–H and O–H groups in total. The molecular formula is C16H24N2. The van der Waals surface area contributed by atoms with Crippen LogP contribution in [0.1, 0.15) is 19.4 Å². The number of likely N-dealkylation sites (N-methyl/N-ethyl adjacent to an activating group) is 1. The van der Waals surface area contributed by atoms with Crippen LogP contribution in [0, 0.1) is 0 Å². The first kappa shape index (κ1) is 14.4. The first-order valence-corrected chi connectivity index (χ1v) is 6.32. The fraction of sp³-hybridized carbons (Fsp3) is 0.375. The molecule has 0 saturated carbocycles. The Morgan fingerprint density at radius 2 is 1.72 bits per heavy atom. The average Bonchev–Trinajstić information content (AvgIpc) is 2.36. The molecule has 0 heterocycles. The zero-order chi connectivity index (χ0) is 13.5. The molecule has 0 fully saturated rings. The molecule has 0 aliphatic rings. The van der Waals surface area contributed by atoms with Gasteiger partial charge in [-0.15, -0.1) is 0 Å². The predicted octanol–water partition coefficient (Wildman–Crippen LogP) is 3.49. The van der Waals surface area contributed by atoms with Crippen molar-refractivity contribution >= 4 is 0 Å². The molecule has 0 aromatic heterocycles. The minimum atomic E-state index is 0.922. The Balaban J connectivity index is 2.91. The quantitative estimate of drug-likeness (QED) is 0.732. The van der Waals surface area contributed by atoms with Gasteiger partial charge in [0.25, 0.3) is 0 Å². The molecule has 1 aromatic rings. The van der Waals surface area contributed by atoms with E-state index in [0.717, 1.165) is 6.54 Å². The van der Waals surface area contributed by atoms with Gasteiger partial charge in [-0.2, -0.15) is 0 Å². The number of allylic oxidation sites excluding steroid dienone is 3. The maximum atomic E-state index is 2.28. The van der Waals surface area contributed by atoms with Crippen LogP contribution in [0.5, 0.6) is 0 Å². The number of nitrogens with zero attached hydrogens (tertiary/aromatic N) is 2. The second kappa shape index (κ2) is 6.90. The lowest BCUT2D eigenvalue weighted by atomic mass is 10.2. The molecule has 1 aromatic carbocycles. The van der Waals surface area contributed by atoms with Crippen LogP contribution in [0.15, 0.2) is 53.9 Å². The Bertz CT molecular complexity index is 416. The van der Waals surface area contributed by atoms with Crippen LogP contribution in [-0.2, 0) is 6.54 Å². The van der Waals surface area contributed by atoms with Gasteiger partial charge < -0.3 is 9.80 Å². The average molecular weight is 244 g/mol. The molecule has 18 heavy (non-hydrogen) atoms. The third-order valence-electron chi connectivity index (χ3n) is 3.04. The van der Waals surface area contributed by atoms with Crippen molar-refractivity contribution in [2.45, 2.75) is 20.4 Å². The van der Waals surface area contributed by atoms with Crippen molar-refractivity contribution in [1.29, 1.82) is 0 Å². The predicted molar refractivity (Wildman–Crippen MR) is 79.1 cm³/mol. The van der Waals surface area contributed by atoms with Gasteiger partial charge in [0.05, 0.1) is 5.70 Å². The summed E-state index contributed by atoms with van der Waals surface area (Å²) >= 11 is 0. The Kier molecular flexibility index (Phi) is 5.50. The van der Waals surface area contributed by atoms with Crippen LogP contribution in [0.3, 0.4) is 0 Å². The molecule has 2 nitrogen and oxygen atoms in total. The third-order valence-corrected chi connectivity index (χ3v) is 3.04. The molecule has 0 bridgehead atoms. The van der Waals surface area contributed by atoms with E-state index in [1.54, 1.807) is 0 Å². The van der Waals surface area contributed by atoms with Gasteiger partial charge in [0.2, 0.25) is 0 Å². The summed E-state index contributed by atoms with van der Waals surface area (Å²) in [5, 5.41) is 0. The van der Waals surface area contributed by atoms with Crippen LogP contribution in [0.25, 0.3) is 0 Å². The van der Waals surface area contributed by atoms with Gasteiger partial charge in [0.1, 0.15) is 0 Å². The summed E-state index contributed by atoms with van der Waals surface area (Å²) in [6.45, 7) is 5.13. The van der Waals surface area contributed by atoms with Gasteiger partial charge in [-0.05, 0) is 25.5 Å². The standard InChI is InChI=1S/C16H24N2/c1-6-10-16(14(2)17(3)4)18(5)13-15-11-8-7-9-12-15/h6-12H,13H2,1-5H3/b10-6-,16-14-. The van der Waals surface area contributed by atoms with E-state index in [1.165, 1.54) is 17.0 Å². The Morgan fingerprint density at radius 1 is 1.11 bits per heavy atom. The molecule has 98 valence electrons. The van der Waals surface area contributed by atoms with Crippen molar-refractivity contribution in [3.05, 3.63) is 59.4 Å². The Hall–Kier alpha value is -1.70. The van der Waals surface area contributed by atoms with Gasteiger partial charge in [0.15, 0.2) is 0 Å². The van der Waals surface area contributed by atoms with E-state index in [4.69, 9.17) is 0 Å². The lowest BCUT2D eigenvalue weighted by Crippen LogP contribution is -2.22. The highest BCUT2D eigenvalue weighted by Gasteiger charge is 2.07. The van der Waals surface area contributed by atoms with Gasteiger partial charge in [-0.25, -0.2) is 0 Å². The molecule has 0 amide bonds. The van der Waals surface area contributed by atoms with E-state index in [9.17, 15) is 0 Å². The van der Waals surface area contributed by atoms with Crippen LogP contribution in [0.4, 0.5) is 0 Å². The van der Waals surface area contributed by atoms with Gasteiger partial charge in [-0.3, -0.25) is 0 Å². The molecule has 0 atom stereocenters. The minimum Gasteiger partial charge on any atom is -0.380 e. The fourth-order valence-electron chi connectivity index (χ4n) is 1.85. The molecule has 0 aliphatic carbocycles.